The first-order valence-electron chi connectivity index (χ1n) is 12.9. The summed E-state index contributed by atoms with van der Waals surface area (Å²) in [5.74, 6) is 0.763. The van der Waals surface area contributed by atoms with Crippen LogP contribution in [-0.4, -0.2) is 0 Å². The fourth-order valence-corrected chi connectivity index (χ4v) is 2.66. The van der Waals surface area contributed by atoms with E-state index in [1.807, 2.05) is 45.9 Å². The summed E-state index contributed by atoms with van der Waals surface area (Å²) in [6.07, 6.45) is 20.7. The number of hydrogen-bond acceptors (Lipinski definition) is 0. The molecule has 0 aromatic heterocycles. The monoisotopic (exact) mass is 460 g/mol. The van der Waals surface area contributed by atoms with Crippen LogP contribution in [0.1, 0.15) is 91.3 Å². The third-order valence-corrected chi connectivity index (χ3v) is 4.69. The number of allylic oxidation sites excluding steroid dienone is 6. The van der Waals surface area contributed by atoms with Crippen LogP contribution >= 0.6 is 0 Å². The smallest absolute Gasteiger partial charge is 0.0224 e. The molecule has 1 atom stereocenters. The van der Waals surface area contributed by atoms with Crippen molar-refractivity contribution in [1.82, 2.24) is 0 Å². The number of aryl methyl sites for hydroxylation is 2. The third kappa shape index (κ3) is 21.1. The third-order valence-electron chi connectivity index (χ3n) is 4.69. The van der Waals surface area contributed by atoms with Crippen LogP contribution in [0.2, 0.25) is 0 Å². The molecule has 0 aliphatic heterocycles. The first-order chi connectivity index (χ1) is 16.4. The molecule has 3 rings (SSSR count). The first-order valence-corrected chi connectivity index (χ1v) is 12.9. The van der Waals surface area contributed by atoms with Gasteiger partial charge in [0.1, 0.15) is 0 Å². The lowest BCUT2D eigenvalue weighted by Gasteiger charge is -2.06. The normalized spacial score (nSPS) is 13.2. The maximum Gasteiger partial charge on any atom is -0.0224 e. The van der Waals surface area contributed by atoms with E-state index in [2.05, 4.69) is 115 Å². The zero-order valence-electron chi connectivity index (χ0n) is 23.9. The summed E-state index contributed by atoms with van der Waals surface area (Å²) >= 11 is 0. The summed E-state index contributed by atoms with van der Waals surface area (Å²) in [4.78, 5) is 0. The molecular weight excluding hydrogens is 408 g/mol. The lowest BCUT2D eigenvalue weighted by molar-refractivity contribution is 0.731. The number of unbranched alkanes of at least 4 members (excludes halogenated alkanes) is 1. The zero-order valence-corrected chi connectivity index (χ0v) is 23.9. The second-order valence-electron chi connectivity index (χ2n) is 7.72. The summed E-state index contributed by atoms with van der Waals surface area (Å²) in [6.45, 7) is 21.0. The molecule has 0 bridgehead atoms. The van der Waals surface area contributed by atoms with Gasteiger partial charge in [0.25, 0.3) is 0 Å². The van der Waals surface area contributed by atoms with Crippen molar-refractivity contribution in [3.8, 4) is 12.8 Å². The van der Waals surface area contributed by atoms with Gasteiger partial charge in [0, 0.05) is 0 Å². The van der Waals surface area contributed by atoms with Gasteiger partial charge in [-0.2, -0.15) is 0 Å². The van der Waals surface area contributed by atoms with Crippen molar-refractivity contribution >= 4 is 5.57 Å². The predicted octanol–water partition coefficient (Wildman–Crippen LogP) is 11.0. The molecule has 0 spiro atoms. The van der Waals surface area contributed by atoms with Crippen LogP contribution in [0.4, 0.5) is 0 Å². The van der Waals surface area contributed by atoms with Gasteiger partial charge in [0.15, 0.2) is 0 Å². The highest BCUT2D eigenvalue weighted by Gasteiger charge is 1.97. The standard InChI is InChI=1S/C13H18.C8H12.C7H8.2C2H6.C2H2/c1-4-5-6-12(3)13-9-7-11(2)8-10-13;1-7-3-5-8(2)6-4-7;1-7-5-3-2-4-6-7;3*1-2/h6-10H,4-5H2,1-3H3;3-5,8H,6H2,1-2H3;2-6H,1H3;2*1-2H3;1-2H/b12-6+;;;;;. The quantitative estimate of drug-likeness (QED) is 0.399. The van der Waals surface area contributed by atoms with Crippen molar-refractivity contribution in [1.29, 1.82) is 0 Å². The lowest BCUT2D eigenvalue weighted by Crippen LogP contribution is -1.91. The van der Waals surface area contributed by atoms with Crippen molar-refractivity contribution < 1.29 is 0 Å². The molecule has 0 saturated carbocycles. The summed E-state index contributed by atoms with van der Waals surface area (Å²) in [5.41, 5.74) is 6.79. The minimum Gasteiger partial charge on any atom is -0.124 e. The Kier molecular flexibility index (Phi) is 27.9. The molecule has 0 fully saturated rings. The Balaban J connectivity index is -0.000000397. The van der Waals surface area contributed by atoms with E-state index < -0.39 is 0 Å². The molecule has 0 N–H and O–H groups in total. The average Bonchev–Trinajstić information content (AvgIpc) is 2.89. The van der Waals surface area contributed by atoms with Crippen molar-refractivity contribution in [2.24, 2.45) is 5.92 Å². The van der Waals surface area contributed by atoms with Crippen molar-refractivity contribution in [3.63, 3.8) is 0 Å². The van der Waals surface area contributed by atoms with Crippen LogP contribution in [0.25, 0.3) is 5.57 Å². The minimum atomic E-state index is 0.763. The summed E-state index contributed by atoms with van der Waals surface area (Å²) in [6, 6.07) is 19.0. The van der Waals surface area contributed by atoms with E-state index in [9.17, 15) is 0 Å². The Labute approximate surface area is 213 Å². The van der Waals surface area contributed by atoms with Gasteiger partial charge in [-0.1, -0.05) is 144 Å². The molecule has 0 radical (unpaired) electrons. The SMILES string of the molecule is C#C.CC.CC.CC1=CCC(C)C=C1.CCC/C=C(\C)c1ccc(C)cc1.Cc1ccccc1. The van der Waals surface area contributed by atoms with E-state index in [1.165, 1.54) is 47.1 Å². The maximum atomic E-state index is 4.00. The fraction of sp³-hybridized carbons (Fsp3) is 0.412. The molecule has 1 aliphatic carbocycles. The lowest BCUT2D eigenvalue weighted by atomic mass is 10.00. The number of terminal acetylenes is 1. The molecular formula is C34H52. The highest BCUT2D eigenvalue weighted by molar-refractivity contribution is 5.63. The van der Waals surface area contributed by atoms with Gasteiger partial charge < -0.3 is 0 Å². The van der Waals surface area contributed by atoms with Crippen LogP contribution in [0, 0.1) is 32.6 Å². The van der Waals surface area contributed by atoms with E-state index in [0.717, 1.165) is 5.92 Å². The zero-order chi connectivity index (χ0) is 26.8. The minimum absolute atomic E-state index is 0.763. The molecule has 34 heavy (non-hydrogen) atoms. The Morgan fingerprint density at radius 3 is 1.71 bits per heavy atom. The molecule has 0 amide bonds. The van der Waals surface area contributed by atoms with Crippen molar-refractivity contribution in [3.05, 3.63) is 101 Å². The molecule has 2 aromatic carbocycles. The second-order valence-corrected chi connectivity index (χ2v) is 7.72. The molecule has 2 aromatic rings. The van der Waals surface area contributed by atoms with Gasteiger partial charge in [0.05, 0.1) is 0 Å². The topological polar surface area (TPSA) is 0 Å². The molecule has 0 saturated heterocycles. The first kappa shape index (κ1) is 35.8. The number of rotatable bonds is 3. The summed E-state index contributed by atoms with van der Waals surface area (Å²) < 4.78 is 0. The average molecular weight is 461 g/mol. The predicted molar refractivity (Wildman–Crippen MR) is 160 cm³/mol. The largest absolute Gasteiger partial charge is 0.124 e. The molecule has 0 heterocycles. The number of hydrogen-bond donors (Lipinski definition) is 0. The van der Waals surface area contributed by atoms with E-state index >= 15 is 0 Å². The molecule has 0 heteroatoms. The second kappa shape index (κ2) is 26.5. The molecule has 1 unspecified atom stereocenters. The van der Waals surface area contributed by atoms with Gasteiger partial charge in [0.2, 0.25) is 0 Å². The van der Waals surface area contributed by atoms with Gasteiger partial charge >= 0.3 is 0 Å². The van der Waals surface area contributed by atoms with Crippen LogP contribution < -0.4 is 0 Å². The van der Waals surface area contributed by atoms with Crippen LogP contribution in [0.5, 0.6) is 0 Å². The molecule has 0 nitrogen and oxygen atoms in total. The van der Waals surface area contributed by atoms with Crippen molar-refractivity contribution in [2.45, 2.75) is 88.5 Å². The van der Waals surface area contributed by atoms with Gasteiger partial charge in [-0.25, -0.2) is 0 Å². The van der Waals surface area contributed by atoms with Gasteiger partial charge in [-0.15, -0.1) is 12.8 Å². The van der Waals surface area contributed by atoms with E-state index in [4.69, 9.17) is 0 Å². The Bertz CT molecular complexity index is 783. The van der Waals surface area contributed by atoms with Gasteiger partial charge in [-0.05, 0) is 57.6 Å². The van der Waals surface area contributed by atoms with Crippen LogP contribution in [0.15, 0.2) is 84.5 Å². The maximum absolute atomic E-state index is 4.00. The summed E-state index contributed by atoms with van der Waals surface area (Å²) in [5, 5.41) is 0. The molecule has 1 aliphatic rings. The fourth-order valence-electron chi connectivity index (χ4n) is 2.66. The highest BCUT2D eigenvalue weighted by atomic mass is 14.0. The Morgan fingerprint density at radius 1 is 0.853 bits per heavy atom. The number of benzene rings is 2. The van der Waals surface area contributed by atoms with E-state index in [1.54, 1.807) is 0 Å². The van der Waals surface area contributed by atoms with E-state index in [-0.39, 0.29) is 0 Å². The Morgan fingerprint density at radius 2 is 1.35 bits per heavy atom. The molecule has 188 valence electrons. The Hall–Kier alpha value is -2.78. The summed E-state index contributed by atoms with van der Waals surface area (Å²) in [7, 11) is 0. The van der Waals surface area contributed by atoms with Crippen LogP contribution in [-0.2, 0) is 0 Å². The van der Waals surface area contributed by atoms with Crippen LogP contribution in [0.3, 0.4) is 0 Å². The van der Waals surface area contributed by atoms with E-state index in [0.29, 0.717) is 0 Å². The van der Waals surface area contributed by atoms with Crippen molar-refractivity contribution in [2.75, 3.05) is 0 Å². The van der Waals surface area contributed by atoms with Gasteiger partial charge in [-0.3, -0.25) is 0 Å². The highest BCUT2D eigenvalue weighted by Crippen LogP contribution is 2.15.